The molecule has 2 aromatic rings. The molecular formula is C18H23BrOS2. The van der Waals surface area contributed by atoms with E-state index in [1.54, 1.807) is 18.4 Å². The molecule has 0 amide bonds. The Morgan fingerprint density at radius 2 is 2.09 bits per heavy atom. The standard InChI is InChI=1S/C13H13BrS.C5H10OS/c1-3-10-4-5-11(6-9(10)2)13-7-12(14)8-15-13;1-5(6-2)3-4-7/h4-8H,3H2,1-2H3;7H,1,3-4H2,2H3. The van der Waals surface area contributed by atoms with Crippen LogP contribution in [0.2, 0.25) is 0 Å². The molecule has 0 N–H and O–H groups in total. The van der Waals surface area contributed by atoms with Gasteiger partial charge in [-0.2, -0.15) is 12.6 Å². The number of rotatable bonds is 5. The number of thiophene rings is 1. The van der Waals surface area contributed by atoms with Crippen molar-refractivity contribution in [2.75, 3.05) is 12.9 Å². The fraction of sp³-hybridized carbons (Fsp3) is 0.333. The predicted molar refractivity (Wildman–Crippen MR) is 106 cm³/mol. The van der Waals surface area contributed by atoms with E-state index in [-0.39, 0.29) is 0 Å². The SMILES string of the molecule is C=C(CCS)OC.CCc1ccc(-c2cc(Br)cs2)cc1C. The van der Waals surface area contributed by atoms with Crippen LogP contribution in [0.25, 0.3) is 10.4 Å². The average Bonchev–Trinajstić information content (AvgIpc) is 2.94. The summed E-state index contributed by atoms with van der Waals surface area (Å²) in [5, 5.41) is 2.12. The van der Waals surface area contributed by atoms with Crippen molar-refractivity contribution in [3.63, 3.8) is 0 Å². The minimum atomic E-state index is 0.801. The lowest BCUT2D eigenvalue weighted by atomic mass is 10.0. The fourth-order valence-corrected chi connectivity index (χ4v) is 3.61. The van der Waals surface area contributed by atoms with E-state index in [9.17, 15) is 0 Å². The van der Waals surface area contributed by atoms with Crippen LogP contribution in [0.5, 0.6) is 0 Å². The third-order valence-corrected chi connectivity index (χ3v) is 5.22. The Hall–Kier alpha value is -0.710. The van der Waals surface area contributed by atoms with Gasteiger partial charge < -0.3 is 4.74 Å². The van der Waals surface area contributed by atoms with Gasteiger partial charge in [0.25, 0.3) is 0 Å². The van der Waals surface area contributed by atoms with E-state index in [0.717, 1.165) is 24.4 Å². The van der Waals surface area contributed by atoms with Crippen LogP contribution in [0.1, 0.15) is 24.5 Å². The topological polar surface area (TPSA) is 9.23 Å². The van der Waals surface area contributed by atoms with Gasteiger partial charge in [0.1, 0.15) is 0 Å². The first-order chi connectivity index (χ1) is 10.5. The first kappa shape index (κ1) is 19.3. The van der Waals surface area contributed by atoms with Crippen molar-refractivity contribution >= 4 is 39.9 Å². The number of hydrogen-bond acceptors (Lipinski definition) is 3. The summed E-state index contributed by atoms with van der Waals surface area (Å²) in [5.74, 6) is 1.61. The third kappa shape index (κ3) is 6.19. The Bertz CT molecular complexity index is 605. The molecule has 0 unspecified atom stereocenters. The zero-order chi connectivity index (χ0) is 16.5. The van der Waals surface area contributed by atoms with Crippen LogP contribution in [-0.2, 0) is 11.2 Å². The Balaban J connectivity index is 0.000000295. The molecule has 0 atom stereocenters. The van der Waals surface area contributed by atoms with Crippen molar-refractivity contribution in [3.05, 3.63) is 57.6 Å². The zero-order valence-corrected chi connectivity index (χ0v) is 16.7. The molecule has 1 aromatic carbocycles. The summed E-state index contributed by atoms with van der Waals surface area (Å²) < 4.78 is 5.91. The molecule has 1 aromatic heterocycles. The van der Waals surface area contributed by atoms with Gasteiger partial charge in [-0.3, -0.25) is 0 Å². The molecule has 2 rings (SSSR count). The van der Waals surface area contributed by atoms with Gasteiger partial charge in [-0.05, 0) is 57.8 Å². The van der Waals surface area contributed by atoms with Crippen molar-refractivity contribution in [2.45, 2.75) is 26.7 Å². The number of hydrogen-bond donors (Lipinski definition) is 1. The number of benzene rings is 1. The van der Waals surface area contributed by atoms with Gasteiger partial charge in [-0.25, -0.2) is 0 Å². The molecule has 4 heteroatoms. The molecule has 0 fully saturated rings. The first-order valence-electron chi connectivity index (χ1n) is 7.18. The third-order valence-electron chi connectivity index (χ3n) is 3.25. The Labute approximate surface area is 152 Å². The maximum Gasteiger partial charge on any atom is 0.0892 e. The molecule has 0 aliphatic carbocycles. The summed E-state index contributed by atoms with van der Waals surface area (Å²) in [6.07, 6.45) is 1.96. The predicted octanol–water partition coefficient (Wildman–Crippen LogP) is 6.51. The number of thiol groups is 1. The van der Waals surface area contributed by atoms with Crippen LogP contribution in [0, 0.1) is 6.92 Å². The van der Waals surface area contributed by atoms with Gasteiger partial charge in [0.15, 0.2) is 0 Å². The molecule has 0 spiro atoms. The van der Waals surface area contributed by atoms with E-state index < -0.39 is 0 Å². The molecule has 0 radical (unpaired) electrons. The van der Waals surface area contributed by atoms with Crippen molar-refractivity contribution in [2.24, 2.45) is 0 Å². The van der Waals surface area contributed by atoms with Crippen LogP contribution in [0.4, 0.5) is 0 Å². The minimum Gasteiger partial charge on any atom is -0.502 e. The zero-order valence-electron chi connectivity index (χ0n) is 13.4. The fourth-order valence-electron chi connectivity index (χ4n) is 1.94. The smallest absolute Gasteiger partial charge is 0.0892 e. The van der Waals surface area contributed by atoms with Gasteiger partial charge in [0.2, 0.25) is 0 Å². The molecule has 1 heterocycles. The number of methoxy groups -OCH3 is 1. The second-order valence-corrected chi connectivity index (χ2v) is 7.11. The quantitative estimate of drug-likeness (QED) is 0.445. The minimum absolute atomic E-state index is 0.801. The highest BCUT2D eigenvalue weighted by atomic mass is 79.9. The summed E-state index contributed by atoms with van der Waals surface area (Å²) in [5.41, 5.74) is 4.15. The molecule has 1 nitrogen and oxygen atoms in total. The van der Waals surface area contributed by atoms with Gasteiger partial charge in [0.05, 0.1) is 12.9 Å². The molecule has 0 bridgehead atoms. The monoisotopic (exact) mass is 398 g/mol. The molecule has 22 heavy (non-hydrogen) atoms. The van der Waals surface area contributed by atoms with E-state index >= 15 is 0 Å². The van der Waals surface area contributed by atoms with E-state index in [2.05, 4.69) is 78.6 Å². The van der Waals surface area contributed by atoms with E-state index in [1.807, 2.05) is 0 Å². The van der Waals surface area contributed by atoms with Crippen molar-refractivity contribution in [1.82, 2.24) is 0 Å². The Morgan fingerprint density at radius 3 is 2.50 bits per heavy atom. The summed E-state index contributed by atoms with van der Waals surface area (Å²) in [4.78, 5) is 1.33. The molecule has 0 aliphatic rings. The maximum atomic E-state index is 4.75. The second kappa shape index (κ2) is 10.1. The summed E-state index contributed by atoms with van der Waals surface area (Å²) in [6.45, 7) is 7.98. The number of aryl methyl sites for hydroxylation is 2. The van der Waals surface area contributed by atoms with Gasteiger partial charge in [-0.15, -0.1) is 11.3 Å². The Kier molecular flexibility index (Phi) is 8.91. The van der Waals surface area contributed by atoms with Gasteiger partial charge in [-0.1, -0.05) is 31.7 Å². The van der Waals surface area contributed by atoms with Crippen LogP contribution in [0.3, 0.4) is 0 Å². The van der Waals surface area contributed by atoms with Gasteiger partial charge in [0, 0.05) is 21.2 Å². The van der Waals surface area contributed by atoms with Crippen LogP contribution in [0.15, 0.2) is 46.5 Å². The first-order valence-corrected chi connectivity index (χ1v) is 9.48. The molecular weight excluding hydrogens is 376 g/mol. The van der Waals surface area contributed by atoms with Crippen LogP contribution >= 0.6 is 39.9 Å². The van der Waals surface area contributed by atoms with Crippen molar-refractivity contribution < 1.29 is 4.74 Å². The van der Waals surface area contributed by atoms with E-state index in [0.29, 0.717) is 0 Å². The van der Waals surface area contributed by atoms with E-state index in [1.165, 1.54) is 26.0 Å². The molecule has 0 aliphatic heterocycles. The lowest BCUT2D eigenvalue weighted by Crippen LogP contribution is -1.86. The van der Waals surface area contributed by atoms with Crippen LogP contribution in [-0.4, -0.2) is 12.9 Å². The second-order valence-electron chi connectivity index (χ2n) is 4.84. The molecule has 0 saturated heterocycles. The average molecular weight is 399 g/mol. The lowest BCUT2D eigenvalue weighted by Gasteiger charge is -2.04. The molecule has 0 saturated carbocycles. The van der Waals surface area contributed by atoms with Gasteiger partial charge >= 0.3 is 0 Å². The summed E-state index contributed by atoms with van der Waals surface area (Å²) in [6, 6.07) is 8.89. The van der Waals surface area contributed by atoms with Crippen molar-refractivity contribution in [1.29, 1.82) is 0 Å². The molecule has 120 valence electrons. The maximum absolute atomic E-state index is 4.75. The van der Waals surface area contributed by atoms with Crippen LogP contribution < -0.4 is 0 Å². The highest BCUT2D eigenvalue weighted by Crippen LogP contribution is 2.30. The largest absolute Gasteiger partial charge is 0.502 e. The summed E-state index contributed by atoms with van der Waals surface area (Å²) >= 11 is 9.24. The van der Waals surface area contributed by atoms with E-state index in [4.69, 9.17) is 4.74 Å². The lowest BCUT2D eigenvalue weighted by molar-refractivity contribution is 0.283. The highest BCUT2D eigenvalue weighted by Gasteiger charge is 2.03. The number of allylic oxidation sites excluding steroid dienone is 1. The highest BCUT2D eigenvalue weighted by molar-refractivity contribution is 9.10. The van der Waals surface area contributed by atoms with Crippen molar-refractivity contribution in [3.8, 4) is 10.4 Å². The summed E-state index contributed by atoms with van der Waals surface area (Å²) in [7, 11) is 1.62. The number of halogens is 1. The Morgan fingerprint density at radius 1 is 1.36 bits per heavy atom. The number of ether oxygens (including phenoxy) is 1. The normalized spacial score (nSPS) is 9.86.